The number of hydrogen-bond donors (Lipinski definition) is 1. The van der Waals surface area contributed by atoms with Crippen LogP contribution >= 0.6 is 0 Å². The van der Waals surface area contributed by atoms with Gasteiger partial charge in [-0.25, -0.2) is 0 Å². The topological polar surface area (TPSA) is 84.9 Å². The normalized spacial score (nSPS) is 16.7. The predicted molar refractivity (Wildman–Crippen MR) is 118 cm³/mol. The smallest absolute Gasteiger partial charge is 0.311 e. The molecule has 2 aromatic rings. The second-order valence-electron chi connectivity index (χ2n) is 7.66. The summed E-state index contributed by atoms with van der Waals surface area (Å²) in [6.45, 7) is 4.06. The van der Waals surface area contributed by atoms with E-state index in [1.807, 2.05) is 24.3 Å². The summed E-state index contributed by atoms with van der Waals surface area (Å²) in [5.74, 6) is -0.796. The molecule has 1 aliphatic heterocycles. The van der Waals surface area contributed by atoms with Crippen LogP contribution in [0.5, 0.6) is 5.75 Å². The van der Waals surface area contributed by atoms with Crippen LogP contribution in [-0.2, 0) is 19.1 Å². The van der Waals surface area contributed by atoms with Gasteiger partial charge in [-0.2, -0.15) is 0 Å². The van der Waals surface area contributed by atoms with E-state index < -0.39 is 24.4 Å². The highest BCUT2D eigenvalue weighted by atomic mass is 16.5. The van der Waals surface area contributed by atoms with E-state index in [1.165, 1.54) is 7.11 Å². The number of esters is 1. The number of carbonyl (C=O) groups is 3. The molecule has 3 rings (SSSR count). The minimum Gasteiger partial charge on any atom is -0.497 e. The lowest BCUT2D eigenvalue weighted by molar-refractivity contribution is -0.151. The summed E-state index contributed by atoms with van der Waals surface area (Å²) in [5.41, 5.74) is 2.47. The number of ether oxygens (including phenoxy) is 2. The van der Waals surface area contributed by atoms with Gasteiger partial charge in [0, 0.05) is 30.4 Å². The first kappa shape index (κ1) is 22.3. The van der Waals surface area contributed by atoms with E-state index in [0.29, 0.717) is 17.4 Å². The van der Waals surface area contributed by atoms with Crippen LogP contribution in [0.2, 0.25) is 0 Å². The maximum atomic E-state index is 12.6. The minimum absolute atomic E-state index is 0.0746. The molecule has 2 atom stereocenters. The number of rotatable bonds is 8. The maximum absolute atomic E-state index is 12.6. The van der Waals surface area contributed by atoms with E-state index in [4.69, 9.17) is 9.47 Å². The number of amides is 2. The van der Waals surface area contributed by atoms with E-state index >= 15 is 0 Å². The Morgan fingerprint density at radius 2 is 1.97 bits per heavy atom. The van der Waals surface area contributed by atoms with Crippen LogP contribution in [0.4, 0.5) is 11.4 Å². The molecule has 0 spiro atoms. The Morgan fingerprint density at radius 1 is 1.19 bits per heavy atom. The monoisotopic (exact) mass is 424 g/mol. The highest BCUT2D eigenvalue weighted by Gasteiger charge is 2.37. The molecule has 0 aliphatic carbocycles. The fourth-order valence-electron chi connectivity index (χ4n) is 3.62. The van der Waals surface area contributed by atoms with Gasteiger partial charge in [-0.05, 0) is 36.1 Å². The first-order valence-corrected chi connectivity index (χ1v) is 10.4. The van der Waals surface area contributed by atoms with Gasteiger partial charge < -0.3 is 19.7 Å². The molecule has 1 fully saturated rings. The zero-order chi connectivity index (χ0) is 22.4. The van der Waals surface area contributed by atoms with E-state index in [0.717, 1.165) is 17.7 Å². The van der Waals surface area contributed by atoms with Gasteiger partial charge in [-0.15, -0.1) is 0 Å². The summed E-state index contributed by atoms with van der Waals surface area (Å²) in [6.07, 6.45) is 1.03. The summed E-state index contributed by atoms with van der Waals surface area (Å²) in [4.78, 5) is 38.9. The van der Waals surface area contributed by atoms with Crippen LogP contribution < -0.4 is 15.0 Å². The number of hydrogen-bond acceptors (Lipinski definition) is 5. The van der Waals surface area contributed by atoms with Gasteiger partial charge in [0.2, 0.25) is 5.91 Å². The van der Waals surface area contributed by atoms with Gasteiger partial charge in [0.1, 0.15) is 5.75 Å². The van der Waals surface area contributed by atoms with Crippen LogP contribution in [0.3, 0.4) is 0 Å². The molecule has 31 heavy (non-hydrogen) atoms. The lowest BCUT2D eigenvalue weighted by Crippen LogP contribution is -2.29. The molecule has 1 heterocycles. The van der Waals surface area contributed by atoms with Gasteiger partial charge in [0.25, 0.3) is 5.91 Å². The Morgan fingerprint density at radius 3 is 2.71 bits per heavy atom. The fraction of sp³-hybridized carbons (Fsp3) is 0.375. The average Bonchev–Trinajstić information content (AvgIpc) is 3.18. The fourth-order valence-corrected chi connectivity index (χ4v) is 3.62. The zero-order valence-electron chi connectivity index (χ0n) is 18.1. The molecule has 0 bridgehead atoms. The van der Waals surface area contributed by atoms with Crippen molar-refractivity contribution in [3.05, 3.63) is 54.1 Å². The standard InChI is InChI=1S/C24H28N2O5/c1-4-16(2)20-10-5-6-11-21(20)26-14-17(12-23(26)28)24(29)31-15-22(27)25-18-8-7-9-19(13-18)30-3/h5-11,13,16-17H,4,12,14-15H2,1-3H3,(H,25,27)/t16-,17+/m1/s1. The molecule has 7 heteroatoms. The lowest BCUT2D eigenvalue weighted by Gasteiger charge is -2.23. The number of anilines is 2. The Labute approximate surface area is 182 Å². The quantitative estimate of drug-likeness (QED) is 0.653. The SMILES string of the molecule is CC[C@@H](C)c1ccccc1N1C[C@@H](C(=O)OCC(=O)Nc2cccc(OC)c2)CC1=O. The molecule has 2 amide bonds. The predicted octanol–water partition coefficient (Wildman–Crippen LogP) is 3.74. The number of nitrogens with one attached hydrogen (secondary N) is 1. The number of benzene rings is 2. The van der Waals surface area contributed by atoms with Crippen molar-refractivity contribution in [2.45, 2.75) is 32.6 Å². The summed E-state index contributed by atoms with van der Waals surface area (Å²) in [6, 6.07) is 14.7. The van der Waals surface area contributed by atoms with Gasteiger partial charge in [-0.1, -0.05) is 38.1 Å². The Kier molecular flexibility index (Phi) is 7.28. The van der Waals surface area contributed by atoms with Gasteiger partial charge in [0.15, 0.2) is 6.61 Å². The molecule has 0 unspecified atom stereocenters. The number of carbonyl (C=O) groups excluding carboxylic acids is 3. The van der Waals surface area contributed by atoms with Crippen molar-refractivity contribution >= 4 is 29.2 Å². The maximum Gasteiger partial charge on any atom is 0.311 e. The number of para-hydroxylation sites is 1. The average molecular weight is 424 g/mol. The molecule has 1 aliphatic rings. The van der Waals surface area contributed by atoms with Gasteiger partial charge >= 0.3 is 5.97 Å². The molecule has 7 nitrogen and oxygen atoms in total. The third-order valence-corrected chi connectivity index (χ3v) is 5.53. The van der Waals surface area contributed by atoms with Crippen LogP contribution in [0, 0.1) is 5.92 Å². The van der Waals surface area contributed by atoms with Crippen LogP contribution in [0.15, 0.2) is 48.5 Å². The van der Waals surface area contributed by atoms with Crippen LogP contribution in [0.1, 0.15) is 38.2 Å². The number of nitrogens with zero attached hydrogens (tertiary/aromatic N) is 1. The molecule has 0 saturated carbocycles. The van der Waals surface area contributed by atoms with E-state index in [-0.39, 0.29) is 18.9 Å². The second kappa shape index (κ2) is 10.1. The van der Waals surface area contributed by atoms with Crippen LogP contribution in [0.25, 0.3) is 0 Å². The third-order valence-electron chi connectivity index (χ3n) is 5.53. The molecule has 1 saturated heterocycles. The lowest BCUT2D eigenvalue weighted by atomic mass is 9.96. The zero-order valence-corrected chi connectivity index (χ0v) is 18.1. The van der Waals surface area contributed by atoms with Crippen molar-refractivity contribution in [2.75, 3.05) is 30.5 Å². The van der Waals surface area contributed by atoms with Crippen molar-refractivity contribution in [2.24, 2.45) is 5.92 Å². The summed E-state index contributed by atoms with van der Waals surface area (Å²) >= 11 is 0. The van der Waals surface area contributed by atoms with E-state index in [1.54, 1.807) is 29.2 Å². The summed E-state index contributed by atoms with van der Waals surface area (Å²) in [5, 5.41) is 2.66. The Balaban J connectivity index is 1.58. The molecule has 0 radical (unpaired) electrons. The first-order valence-electron chi connectivity index (χ1n) is 10.4. The highest BCUT2D eigenvalue weighted by molar-refractivity contribution is 6.00. The minimum atomic E-state index is -0.595. The largest absolute Gasteiger partial charge is 0.497 e. The molecular weight excluding hydrogens is 396 g/mol. The van der Waals surface area contributed by atoms with Crippen molar-refractivity contribution < 1.29 is 23.9 Å². The molecular formula is C24H28N2O5. The first-order chi connectivity index (χ1) is 14.9. The van der Waals surface area contributed by atoms with Crippen LogP contribution in [-0.4, -0.2) is 38.0 Å². The van der Waals surface area contributed by atoms with Gasteiger partial charge in [0.05, 0.1) is 13.0 Å². The van der Waals surface area contributed by atoms with E-state index in [2.05, 4.69) is 19.2 Å². The van der Waals surface area contributed by atoms with Crippen molar-refractivity contribution in [3.8, 4) is 5.75 Å². The third kappa shape index (κ3) is 5.42. The second-order valence-corrected chi connectivity index (χ2v) is 7.66. The molecule has 0 aromatic heterocycles. The summed E-state index contributed by atoms with van der Waals surface area (Å²) in [7, 11) is 1.54. The Hall–Kier alpha value is -3.35. The van der Waals surface area contributed by atoms with Crippen molar-refractivity contribution in [3.63, 3.8) is 0 Å². The Bertz CT molecular complexity index is 958. The molecule has 1 N–H and O–H groups in total. The molecule has 2 aromatic carbocycles. The van der Waals surface area contributed by atoms with Gasteiger partial charge in [-0.3, -0.25) is 14.4 Å². The number of methoxy groups -OCH3 is 1. The van der Waals surface area contributed by atoms with Crippen molar-refractivity contribution in [1.82, 2.24) is 0 Å². The highest BCUT2D eigenvalue weighted by Crippen LogP contribution is 2.33. The van der Waals surface area contributed by atoms with E-state index in [9.17, 15) is 14.4 Å². The summed E-state index contributed by atoms with van der Waals surface area (Å²) < 4.78 is 10.3. The van der Waals surface area contributed by atoms with Crippen molar-refractivity contribution in [1.29, 1.82) is 0 Å². The molecule has 164 valence electrons.